The van der Waals surface area contributed by atoms with Gasteiger partial charge in [0.1, 0.15) is 6.54 Å². The fraction of sp³-hybridized carbons (Fsp3) is 0.333. The average Bonchev–Trinajstić information content (AvgIpc) is 2.80. The average molecular weight is 227 g/mol. The van der Waals surface area contributed by atoms with E-state index in [9.17, 15) is 0 Å². The van der Waals surface area contributed by atoms with E-state index >= 15 is 0 Å². The summed E-state index contributed by atoms with van der Waals surface area (Å²) in [5.74, 6) is 0.721. The molecule has 0 aromatic carbocycles. The van der Waals surface area contributed by atoms with Gasteiger partial charge < -0.3 is 10.3 Å². The lowest BCUT2D eigenvalue weighted by Crippen LogP contribution is -2.02. The van der Waals surface area contributed by atoms with Gasteiger partial charge in [0.25, 0.3) is 0 Å². The Morgan fingerprint density at radius 1 is 1.60 bits per heavy atom. The third kappa shape index (κ3) is 2.03. The van der Waals surface area contributed by atoms with Crippen molar-refractivity contribution < 1.29 is 4.52 Å². The van der Waals surface area contributed by atoms with Crippen molar-refractivity contribution in [3.05, 3.63) is 34.4 Å². The Bertz CT molecular complexity index is 462. The zero-order valence-corrected chi connectivity index (χ0v) is 9.03. The second kappa shape index (κ2) is 4.04. The van der Waals surface area contributed by atoms with E-state index in [1.807, 2.05) is 13.0 Å². The molecule has 0 fully saturated rings. The first-order valence-corrected chi connectivity index (χ1v) is 4.91. The first kappa shape index (κ1) is 10.2. The van der Waals surface area contributed by atoms with Crippen molar-refractivity contribution in [3.63, 3.8) is 0 Å². The highest BCUT2D eigenvalue weighted by Crippen LogP contribution is 2.15. The molecule has 0 aliphatic rings. The fourth-order valence-corrected chi connectivity index (χ4v) is 1.40. The third-order valence-electron chi connectivity index (χ3n) is 2.17. The molecule has 15 heavy (non-hydrogen) atoms. The third-order valence-corrected chi connectivity index (χ3v) is 2.54. The number of hydrogen-bond donors (Lipinski definition) is 1. The van der Waals surface area contributed by atoms with Crippen LogP contribution in [0.3, 0.4) is 0 Å². The van der Waals surface area contributed by atoms with Crippen molar-refractivity contribution in [1.29, 1.82) is 0 Å². The number of nitrogens with two attached hydrogens (primary N) is 1. The topological polar surface area (TPSA) is 69.9 Å². The van der Waals surface area contributed by atoms with Gasteiger partial charge in [0.2, 0.25) is 0 Å². The monoisotopic (exact) mass is 226 g/mol. The van der Waals surface area contributed by atoms with Crippen LogP contribution in [0.25, 0.3) is 0 Å². The quantitative estimate of drug-likeness (QED) is 0.858. The van der Waals surface area contributed by atoms with Crippen LogP contribution in [0.4, 0.5) is 0 Å². The van der Waals surface area contributed by atoms with Crippen LogP contribution in [0.15, 0.2) is 16.8 Å². The molecular formula is C9H11ClN4O. The van der Waals surface area contributed by atoms with Gasteiger partial charge in [-0.1, -0.05) is 16.8 Å². The molecule has 6 heteroatoms. The minimum absolute atomic E-state index is 0.377. The predicted octanol–water partition coefficient (Wildman–Crippen LogP) is 1.34. The lowest BCUT2D eigenvalue weighted by Gasteiger charge is -1.99. The minimum atomic E-state index is 0.377. The van der Waals surface area contributed by atoms with Crippen molar-refractivity contribution in [2.24, 2.45) is 5.73 Å². The van der Waals surface area contributed by atoms with Gasteiger partial charge in [-0.05, 0) is 6.92 Å². The molecule has 0 aliphatic heterocycles. The van der Waals surface area contributed by atoms with Crippen LogP contribution < -0.4 is 5.73 Å². The van der Waals surface area contributed by atoms with E-state index in [1.54, 1.807) is 10.9 Å². The molecule has 2 rings (SSSR count). The normalized spacial score (nSPS) is 10.9. The first-order valence-electron chi connectivity index (χ1n) is 4.53. The molecule has 0 bridgehead atoms. The summed E-state index contributed by atoms with van der Waals surface area (Å²) in [6.07, 6.45) is 1.61. The van der Waals surface area contributed by atoms with Crippen LogP contribution in [-0.2, 0) is 13.1 Å². The zero-order chi connectivity index (χ0) is 10.8. The van der Waals surface area contributed by atoms with E-state index in [2.05, 4.69) is 10.3 Å². The molecule has 2 N–H and O–H groups in total. The van der Waals surface area contributed by atoms with E-state index < -0.39 is 0 Å². The number of nitrogens with zero attached hydrogens (tertiary/aromatic N) is 3. The van der Waals surface area contributed by atoms with Crippen molar-refractivity contribution in [2.75, 3.05) is 0 Å². The molecule has 2 heterocycles. The highest BCUT2D eigenvalue weighted by molar-refractivity contribution is 6.31. The van der Waals surface area contributed by atoms with Gasteiger partial charge in [-0.25, -0.2) is 0 Å². The van der Waals surface area contributed by atoms with Gasteiger partial charge >= 0.3 is 0 Å². The molecular weight excluding hydrogens is 216 g/mol. The standard InChI is InChI=1S/C9H11ClN4O/c1-6-9(10)4-12-14(6)5-8-2-7(3-11)13-15-8/h2,4H,3,5,11H2,1H3. The van der Waals surface area contributed by atoms with E-state index in [0.717, 1.165) is 17.1 Å². The van der Waals surface area contributed by atoms with Gasteiger partial charge in [0.15, 0.2) is 5.76 Å². The molecule has 2 aromatic rings. The molecule has 0 aliphatic carbocycles. The molecule has 0 radical (unpaired) electrons. The second-order valence-electron chi connectivity index (χ2n) is 3.22. The molecule has 5 nitrogen and oxygen atoms in total. The summed E-state index contributed by atoms with van der Waals surface area (Å²) in [5.41, 5.74) is 7.07. The highest BCUT2D eigenvalue weighted by atomic mass is 35.5. The van der Waals surface area contributed by atoms with E-state index in [-0.39, 0.29) is 0 Å². The Labute approximate surface area is 91.8 Å². The Morgan fingerprint density at radius 3 is 2.93 bits per heavy atom. The number of aromatic nitrogens is 3. The predicted molar refractivity (Wildman–Crippen MR) is 55.5 cm³/mol. The van der Waals surface area contributed by atoms with Crippen molar-refractivity contribution >= 4 is 11.6 Å². The highest BCUT2D eigenvalue weighted by Gasteiger charge is 2.08. The van der Waals surface area contributed by atoms with Crippen LogP contribution >= 0.6 is 11.6 Å². The van der Waals surface area contributed by atoms with Crippen LogP contribution in [0.2, 0.25) is 5.02 Å². The summed E-state index contributed by atoms with van der Waals surface area (Å²) in [7, 11) is 0. The lowest BCUT2D eigenvalue weighted by molar-refractivity contribution is 0.365. The smallest absolute Gasteiger partial charge is 0.158 e. The second-order valence-corrected chi connectivity index (χ2v) is 3.63. The Morgan fingerprint density at radius 2 is 2.40 bits per heavy atom. The number of rotatable bonds is 3. The fourth-order valence-electron chi connectivity index (χ4n) is 1.26. The lowest BCUT2D eigenvalue weighted by atomic mass is 10.3. The van der Waals surface area contributed by atoms with E-state index in [4.69, 9.17) is 21.9 Å². The van der Waals surface area contributed by atoms with Crippen LogP contribution in [0.1, 0.15) is 17.1 Å². The van der Waals surface area contributed by atoms with Crippen LogP contribution in [0, 0.1) is 6.92 Å². The minimum Gasteiger partial charge on any atom is -0.359 e. The van der Waals surface area contributed by atoms with Crippen LogP contribution in [0.5, 0.6) is 0 Å². The van der Waals surface area contributed by atoms with Gasteiger partial charge in [-0.3, -0.25) is 4.68 Å². The largest absolute Gasteiger partial charge is 0.359 e. The summed E-state index contributed by atoms with van der Waals surface area (Å²) in [4.78, 5) is 0. The van der Waals surface area contributed by atoms with Crippen molar-refractivity contribution in [2.45, 2.75) is 20.0 Å². The van der Waals surface area contributed by atoms with E-state index in [1.165, 1.54) is 0 Å². The maximum absolute atomic E-state index is 5.88. The molecule has 0 spiro atoms. The van der Waals surface area contributed by atoms with Gasteiger partial charge in [-0.15, -0.1) is 0 Å². The van der Waals surface area contributed by atoms with E-state index in [0.29, 0.717) is 18.1 Å². The summed E-state index contributed by atoms with van der Waals surface area (Å²) in [6.45, 7) is 2.80. The first-order chi connectivity index (χ1) is 7.20. The molecule has 0 saturated carbocycles. The maximum Gasteiger partial charge on any atom is 0.158 e. The number of hydrogen-bond acceptors (Lipinski definition) is 4. The molecule has 0 amide bonds. The van der Waals surface area contributed by atoms with Gasteiger partial charge in [0, 0.05) is 12.6 Å². The summed E-state index contributed by atoms with van der Waals surface area (Å²) < 4.78 is 6.84. The van der Waals surface area contributed by atoms with Gasteiger partial charge in [0.05, 0.1) is 22.6 Å². The molecule has 80 valence electrons. The molecule has 0 atom stereocenters. The summed E-state index contributed by atoms with van der Waals surface area (Å²) >= 11 is 5.88. The SMILES string of the molecule is Cc1c(Cl)cnn1Cc1cc(CN)no1. The molecule has 0 unspecified atom stereocenters. The van der Waals surface area contributed by atoms with Crippen LogP contribution in [-0.4, -0.2) is 14.9 Å². The zero-order valence-electron chi connectivity index (χ0n) is 8.27. The summed E-state index contributed by atoms with van der Waals surface area (Å²) in [6, 6.07) is 1.81. The van der Waals surface area contributed by atoms with Gasteiger partial charge in [-0.2, -0.15) is 5.10 Å². The van der Waals surface area contributed by atoms with Crippen molar-refractivity contribution in [1.82, 2.24) is 14.9 Å². The maximum atomic E-state index is 5.88. The molecule has 0 saturated heterocycles. The Kier molecular flexibility index (Phi) is 2.75. The number of halogens is 1. The Balaban J connectivity index is 2.18. The summed E-state index contributed by atoms with van der Waals surface area (Å²) in [5, 5.41) is 8.55. The molecule has 2 aromatic heterocycles. The van der Waals surface area contributed by atoms with Crippen molar-refractivity contribution in [3.8, 4) is 0 Å². The Hall–Kier alpha value is -1.33.